The molecule has 0 bridgehead atoms. The van der Waals surface area contributed by atoms with Crippen LogP contribution in [0, 0.1) is 0 Å². The molecule has 35 heavy (non-hydrogen) atoms. The van der Waals surface area contributed by atoms with E-state index < -0.39 is 22.1 Å². The molecule has 0 unspecified atom stereocenters. The number of amides is 2. The minimum atomic E-state index is -3.89. The number of halogens is 1. The summed E-state index contributed by atoms with van der Waals surface area (Å²) < 4.78 is 34.0. The van der Waals surface area contributed by atoms with Gasteiger partial charge < -0.3 is 14.5 Å². The van der Waals surface area contributed by atoms with Crippen molar-refractivity contribution < 1.29 is 22.7 Å². The van der Waals surface area contributed by atoms with Crippen molar-refractivity contribution >= 4 is 50.3 Å². The Labute approximate surface area is 214 Å². The minimum Gasteiger partial charge on any atom is -0.378 e. The van der Waals surface area contributed by atoms with E-state index in [9.17, 15) is 18.0 Å². The molecule has 2 aliphatic heterocycles. The van der Waals surface area contributed by atoms with E-state index in [0.717, 1.165) is 15.8 Å². The number of nitrogens with one attached hydrogen (secondary N) is 1. The summed E-state index contributed by atoms with van der Waals surface area (Å²) in [5, 5.41) is 1.12. The summed E-state index contributed by atoms with van der Waals surface area (Å²) in [6.07, 6.45) is 0.651. The van der Waals surface area contributed by atoms with Crippen LogP contribution < -0.4 is 4.72 Å². The van der Waals surface area contributed by atoms with Gasteiger partial charge >= 0.3 is 0 Å². The highest BCUT2D eigenvalue weighted by Gasteiger charge is 2.41. The minimum absolute atomic E-state index is 0.140. The van der Waals surface area contributed by atoms with Gasteiger partial charge in [-0.3, -0.25) is 9.59 Å². The first-order valence-corrected chi connectivity index (χ1v) is 14.1. The highest BCUT2D eigenvalue weighted by molar-refractivity contribution is 7.92. The quantitative estimate of drug-likeness (QED) is 0.558. The lowest BCUT2D eigenvalue weighted by atomic mass is 10.0. The van der Waals surface area contributed by atoms with Crippen molar-refractivity contribution in [1.29, 1.82) is 0 Å². The molecule has 2 aromatic rings. The van der Waals surface area contributed by atoms with E-state index in [4.69, 9.17) is 16.3 Å². The molecule has 2 aliphatic rings. The molecule has 4 rings (SSSR count). The second-order valence-corrected chi connectivity index (χ2v) is 11.9. The fourth-order valence-electron chi connectivity index (χ4n) is 4.33. The predicted octanol–water partition coefficient (Wildman–Crippen LogP) is 2.75. The first-order valence-electron chi connectivity index (χ1n) is 11.4. The summed E-state index contributed by atoms with van der Waals surface area (Å²) in [6.45, 7) is 3.84. The average Bonchev–Trinajstić information content (AvgIpc) is 3.43. The van der Waals surface area contributed by atoms with Gasteiger partial charge in [0.25, 0.3) is 0 Å². The van der Waals surface area contributed by atoms with Crippen LogP contribution in [0.3, 0.4) is 0 Å². The number of carbonyl (C=O) groups excluding carboxylic acids is 2. The van der Waals surface area contributed by atoms with E-state index in [1.165, 1.54) is 16.2 Å². The molecule has 1 aromatic heterocycles. The smallest absolute Gasteiger partial charge is 0.245 e. The third-order valence-corrected chi connectivity index (χ3v) is 8.74. The van der Waals surface area contributed by atoms with Gasteiger partial charge in [-0.2, -0.15) is 4.72 Å². The second-order valence-electron chi connectivity index (χ2n) is 8.58. The van der Waals surface area contributed by atoms with E-state index in [0.29, 0.717) is 49.2 Å². The maximum absolute atomic E-state index is 13.5. The van der Waals surface area contributed by atoms with Crippen LogP contribution in [0.4, 0.5) is 0 Å². The Balaban J connectivity index is 1.50. The van der Waals surface area contributed by atoms with Crippen LogP contribution in [0.1, 0.15) is 23.8 Å². The summed E-state index contributed by atoms with van der Waals surface area (Å²) in [6, 6.07) is 11.4. The van der Waals surface area contributed by atoms with Gasteiger partial charge in [-0.25, -0.2) is 8.42 Å². The number of sulfonamides is 1. The van der Waals surface area contributed by atoms with Crippen LogP contribution in [-0.2, 0) is 30.8 Å². The molecule has 2 saturated heterocycles. The topological polar surface area (TPSA) is 96.0 Å². The van der Waals surface area contributed by atoms with Crippen molar-refractivity contribution in [2.45, 2.75) is 31.8 Å². The van der Waals surface area contributed by atoms with Gasteiger partial charge in [-0.15, -0.1) is 11.3 Å². The van der Waals surface area contributed by atoms with E-state index in [1.54, 1.807) is 24.0 Å². The summed E-state index contributed by atoms with van der Waals surface area (Å²) >= 11 is 7.24. The molecule has 0 radical (unpaired) electrons. The molecule has 1 N–H and O–H groups in total. The number of hydrogen-bond donors (Lipinski definition) is 1. The van der Waals surface area contributed by atoms with E-state index >= 15 is 0 Å². The summed E-state index contributed by atoms with van der Waals surface area (Å²) in [7, 11) is -3.89. The van der Waals surface area contributed by atoms with Crippen LogP contribution in [0.2, 0.25) is 4.34 Å². The average molecular weight is 538 g/mol. The molecule has 8 nitrogen and oxygen atoms in total. The number of likely N-dealkylation sites (tertiary alicyclic amines) is 1. The largest absolute Gasteiger partial charge is 0.378 e. The predicted molar refractivity (Wildman–Crippen MR) is 136 cm³/mol. The third-order valence-electron chi connectivity index (χ3n) is 6.10. The van der Waals surface area contributed by atoms with Gasteiger partial charge in [-0.05, 0) is 36.6 Å². The highest BCUT2D eigenvalue weighted by Crippen LogP contribution is 2.28. The summed E-state index contributed by atoms with van der Waals surface area (Å²) in [4.78, 5) is 30.8. The Hall–Kier alpha value is -2.24. The normalized spacial score (nSPS) is 20.3. The standard InChI is InChI=1S/C24H28ClN3O5S2/c1-17(21-7-8-22(25)34-21)16-35(31,32)26-19-9-10-28(23(19)29)20(15-18-5-3-2-4-6-18)24(30)27-11-13-33-14-12-27/h2-8,16,19-20,26H,9-15H2,1H3/b17-16+/t19-,20-/m0/s1. The fraction of sp³-hybridized carbons (Fsp3) is 0.417. The van der Waals surface area contributed by atoms with E-state index in [1.807, 2.05) is 30.3 Å². The Bertz CT molecular complexity index is 1190. The molecule has 3 heterocycles. The molecule has 188 valence electrons. The van der Waals surface area contributed by atoms with Gasteiger partial charge in [0.1, 0.15) is 12.1 Å². The highest BCUT2D eigenvalue weighted by atomic mass is 35.5. The van der Waals surface area contributed by atoms with Crippen LogP contribution in [0.15, 0.2) is 47.9 Å². The van der Waals surface area contributed by atoms with Crippen molar-refractivity contribution in [2.24, 2.45) is 0 Å². The van der Waals surface area contributed by atoms with Gasteiger partial charge in [0.05, 0.1) is 23.0 Å². The maximum atomic E-state index is 13.5. The van der Waals surface area contributed by atoms with Crippen molar-refractivity contribution in [3.63, 3.8) is 0 Å². The lowest BCUT2D eigenvalue weighted by Gasteiger charge is -2.34. The van der Waals surface area contributed by atoms with Gasteiger partial charge in [0.15, 0.2) is 0 Å². The van der Waals surface area contributed by atoms with Gasteiger partial charge in [0.2, 0.25) is 21.8 Å². The zero-order valence-corrected chi connectivity index (χ0v) is 21.7. The monoisotopic (exact) mass is 537 g/mol. The number of allylic oxidation sites excluding steroid dienone is 1. The zero-order chi connectivity index (χ0) is 25.0. The number of ether oxygens (including phenoxy) is 1. The molecule has 0 spiro atoms. The zero-order valence-electron chi connectivity index (χ0n) is 19.4. The number of thiophene rings is 1. The SMILES string of the molecule is C/C(=C\S(=O)(=O)N[C@H]1CCN([C@@H](Cc2ccccc2)C(=O)N2CCOCC2)C1=O)c1ccc(Cl)s1. The number of benzene rings is 1. The number of nitrogens with zero attached hydrogens (tertiary/aromatic N) is 2. The lowest BCUT2D eigenvalue weighted by molar-refractivity contribution is -0.146. The number of morpholine rings is 1. The molecule has 2 fully saturated rings. The molecule has 2 amide bonds. The van der Waals surface area contributed by atoms with Crippen molar-refractivity contribution in [3.8, 4) is 0 Å². The van der Waals surface area contributed by atoms with Gasteiger partial charge in [-0.1, -0.05) is 41.9 Å². The number of carbonyl (C=O) groups is 2. The Morgan fingerprint density at radius 1 is 1.20 bits per heavy atom. The molecular formula is C24H28ClN3O5S2. The van der Waals surface area contributed by atoms with Crippen LogP contribution in [0.5, 0.6) is 0 Å². The third kappa shape index (κ3) is 6.50. The van der Waals surface area contributed by atoms with Crippen LogP contribution >= 0.6 is 22.9 Å². The Morgan fingerprint density at radius 3 is 2.57 bits per heavy atom. The number of hydrogen-bond acceptors (Lipinski definition) is 6. The Morgan fingerprint density at radius 2 is 1.91 bits per heavy atom. The van der Waals surface area contributed by atoms with Crippen LogP contribution in [0.25, 0.3) is 5.57 Å². The molecule has 2 atom stereocenters. The first-order chi connectivity index (χ1) is 16.7. The molecule has 11 heteroatoms. The van der Waals surface area contributed by atoms with Gasteiger partial charge in [0, 0.05) is 30.9 Å². The second kappa shape index (κ2) is 11.2. The molecule has 0 saturated carbocycles. The van der Waals surface area contributed by atoms with E-state index in [2.05, 4.69) is 4.72 Å². The Kier molecular flexibility index (Phi) is 8.28. The molecular weight excluding hydrogens is 510 g/mol. The maximum Gasteiger partial charge on any atom is 0.245 e. The molecule has 1 aromatic carbocycles. The van der Waals surface area contributed by atoms with Crippen molar-refractivity contribution in [3.05, 3.63) is 62.6 Å². The van der Waals surface area contributed by atoms with Crippen molar-refractivity contribution in [2.75, 3.05) is 32.8 Å². The summed E-state index contributed by atoms with van der Waals surface area (Å²) in [5.74, 6) is -0.527. The number of rotatable bonds is 8. The molecule has 0 aliphatic carbocycles. The lowest BCUT2D eigenvalue weighted by Crippen LogP contribution is -2.54. The van der Waals surface area contributed by atoms with Crippen molar-refractivity contribution in [1.82, 2.24) is 14.5 Å². The first kappa shape index (κ1) is 25.8. The fourth-order valence-corrected chi connectivity index (χ4v) is 6.70. The van der Waals surface area contributed by atoms with E-state index in [-0.39, 0.29) is 18.2 Å². The van der Waals surface area contributed by atoms with Crippen LogP contribution in [-0.4, -0.2) is 75.0 Å². The summed E-state index contributed by atoms with van der Waals surface area (Å²) in [5.41, 5.74) is 1.46.